The molecule has 0 spiro atoms. The van der Waals surface area contributed by atoms with E-state index in [4.69, 9.17) is 16.7 Å². The minimum Gasteiger partial charge on any atom is -0.395 e. The van der Waals surface area contributed by atoms with Crippen LogP contribution in [0.15, 0.2) is 6.07 Å². The second kappa shape index (κ2) is 5.49. The standard InChI is InChI=1S/C11H10ClF3N4O2/c1-5-4-6(11(13,14)15)19-9(17-5)7(12)8(18-19)10(21)16-2-3-20/h4,20H,2-3H2,1H3,(H,16,21). The lowest BCUT2D eigenvalue weighted by molar-refractivity contribution is -0.142. The van der Waals surface area contributed by atoms with E-state index in [0.717, 1.165) is 6.07 Å². The monoisotopic (exact) mass is 322 g/mol. The van der Waals surface area contributed by atoms with E-state index in [-0.39, 0.29) is 35.2 Å². The van der Waals surface area contributed by atoms with Gasteiger partial charge in [0.15, 0.2) is 11.3 Å². The van der Waals surface area contributed by atoms with Crippen molar-refractivity contribution in [1.29, 1.82) is 0 Å². The summed E-state index contributed by atoms with van der Waals surface area (Å²) in [4.78, 5) is 15.6. The number of amides is 1. The minimum atomic E-state index is -4.67. The number of alkyl halides is 3. The number of nitrogens with one attached hydrogen (secondary N) is 1. The molecule has 0 aromatic carbocycles. The molecule has 2 aromatic heterocycles. The average molecular weight is 323 g/mol. The summed E-state index contributed by atoms with van der Waals surface area (Å²) in [6.07, 6.45) is -4.67. The van der Waals surface area contributed by atoms with Gasteiger partial charge in [-0.1, -0.05) is 11.6 Å². The van der Waals surface area contributed by atoms with E-state index in [1.165, 1.54) is 6.92 Å². The number of aliphatic hydroxyl groups is 1. The Morgan fingerprint density at radius 2 is 2.19 bits per heavy atom. The summed E-state index contributed by atoms with van der Waals surface area (Å²) in [5.74, 6) is -0.787. The average Bonchev–Trinajstić information content (AvgIpc) is 2.72. The van der Waals surface area contributed by atoms with E-state index in [9.17, 15) is 18.0 Å². The predicted molar refractivity (Wildman–Crippen MR) is 67.2 cm³/mol. The molecule has 1 amide bonds. The Labute approximate surface area is 121 Å². The summed E-state index contributed by atoms with van der Waals surface area (Å²) in [5, 5.41) is 14.2. The number of fused-ring (bicyclic) bond motifs is 1. The number of halogens is 4. The summed E-state index contributed by atoms with van der Waals surface area (Å²) >= 11 is 5.89. The van der Waals surface area contributed by atoms with Crippen LogP contribution in [0.1, 0.15) is 21.9 Å². The van der Waals surface area contributed by atoms with Crippen LogP contribution in [0, 0.1) is 6.92 Å². The van der Waals surface area contributed by atoms with Gasteiger partial charge in [-0.05, 0) is 13.0 Å². The van der Waals surface area contributed by atoms with Crippen LogP contribution >= 0.6 is 11.6 Å². The maximum atomic E-state index is 13.0. The van der Waals surface area contributed by atoms with Gasteiger partial charge in [0, 0.05) is 12.2 Å². The summed E-state index contributed by atoms with van der Waals surface area (Å²) in [6, 6.07) is 0.811. The van der Waals surface area contributed by atoms with Gasteiger partial charge in [0.25, 0.3) is 5.91 Å². The Morgan fingerprint density at radius 1 is 1.52 bits per heavy atom. The van der Waals surface area contributed by atoms with Gasteiger partial charge < -0.3 is 10.4 Å². The quantitative estimate of drug-likeness (QED) is 0.896. The summed E-state index contributed by atoms with van der Waals surface area (Å²) in [6.45, 7) is 0.994. The fourth-order valence-corrected chi connectivity index (χ4v) is 1.96. The van der Waals surface area contributed by atoms with Crippen LogP contribution in [-0.2, 0) is 6.18 Å². The number of nitrogens with zero attached hydrogens (tertiary/aromatic N) is 3. The molecule has 10 heteroatoms. The maximum absolute atomic E-state index is 13.0. The Bertz CT molecular complexity index is 699. The molecule has 0 saturated carbocycles. The second-order valence-corrected chi connectivity index (χ2v) is 4.54. The van der Waals surface area contributed by atoms with Crippen LogP contribution in [0.3, 0.4) is 0 Å². The third kappa shape index (κ3) is 2.93. The highest BCUT2D eigenvalue weighted by molar-refractivity contribution is 6.36. The summed E-state index contributed by atoms with van der Waals surface area (Å²) in [5.41, 5.74) is -1.61. The fraction of sp³-hybridized carbons (Fsp3) is 0.364. The molecular formula is C11H10ClF3N4O2. The van der Waals surface area contributed by atoms with Crippen LogP contribution in [0.25, 0.3) is 5.65 Å². The van der Waals surface area contributed by atoms with E-state index >= 15 is 0 Å². The normalized spacial score (nSPS) is 11.9. The lowest BCUT2D eigenvalue weighted by Gasteiger charge is -2.09. The largest absolute Gasteiger partial charge is 0.433 e. The zero-order chi connectivity index (χ0) is 15.8. The van der Waals surface area contributed by atoms with Crippen LogP contribution in [0.2, 0.25) is 5.02 Å². The first-order valence-corrected chi connectivity index (χ1v) is 6.15. The van der Waals surface area contributed by atoms with Crippen molar-refractivity contribution in [2.45, 2.75) is 13.1 Å². The van der Waals surface area contributed by atoms with E-state index in [0.29, 0.717) is 4.52 Å². The highest BCUT2D eigenvalue weighted by Gasteiger charge is 2.36. The first-order valence-electron chi connectivity index (χ1n) is 5.78. The molecular weight excluding hydrogens is 313 g/mol. The topological polar surface area (TPSA) is 79.5 Å². The van der Waals surface area contributed by atoms with Gasteiger partial charge in [-0.2, -0.15) is 18.3 Å². The second-order valence-electron chi connectivity index (χ2n) is 4.16. The maximum Gasteiger partial charge on any atom is 0.433 e. The number of aromatic nitrogens is 3. The number of carbonyl (C=O) groups excluding carboxylic acids is 1. The van der Waals surface area contributed by atoms with E-state index in [1.807, 2.05) is 0 Å². The zero-order valence-corrected chi connectivity index (χ0v) is 11.5. The fourth-order valence-electron chi connectivity index (χ4n) is 1.71. The molecule has 0 radical (unpaired) electrons. The highest BCUT2D eigenvalue weighted by Crippen LogP contribution is 2.32. The molecule has 2 N–H and O–H groups in total. The third-order valence-corrected chi connectivity index (χ3v) is 2.91. The smallest absolute Gasteiger partial charge is 0.395 e. The van der Waals surface area contributed by atoms with Crippen LogP contribution in [-0.4, -0.2) is 38.8 Å². The molecule has 6 nitrogen and oxygen atoms in total. The van der Waals surface area contributed by atoms with E-state index in [1.54, 1.807) is 0 Å². The lowest BCUT2D eigenvalue weighted by atomic mass is 10.3. The number of rotatable bonds is 3. The first kappa shape index (κ1) is 15.5. The van der Waals surface area contributed by atoms with Crippen molar-refractivity contribution in [3.05, 3.63) is 28.2 Å². The Morgan fingerprint density at radius 3 is 2.76 bits per heavy atom. The zero-order valence-electron chi connectivity index (χ0n) is 10.7. The molecule has 0 bridgehead atoms. The molecule has 0 unspecified atom stereocenters. The van der Waals surface area contributed by atoms with Crippen molar-refractivity contribution in [2.24, 2.45) is 0 Å². The first-order chi connectivity index (χ1) is 9.75. The Balaban J connectivity index is 2.62. The summed E-state index contributed by atoms with van der Waals surface area (Å²) < 4.78 is 39.4. The molecule has 0 aliphatic heterocycles. The highest BCUT2D eigenvalue weighted by atomic mass is 35.5. The van der Waals surface area contributed by atoms with Crippen molar-refractivity contribution in [3.63, 3.8) is 0 Å². The predicted octanol–water partition coefficient (Wildman–Crippen LogP) is 1.43. The van der Waals surface area contributed by atoms with Gasteiger partial charge in [-0.25, -0.2) is 9.50 Å². The van der Waals surface area contributed by atoms with Crippen molar-refractivity contribution in [1.82, 2.24) is 19.9 Å². The Hall–Kier alpha value is -1.87. The Kier molecular flexibility index (Phi) is 4.06. The number of aryl methyl sites for hydroxylation is 1. The molecule has 2 aromatic rings. The number of carbonyl (C=O) groups is 1. The van der Waals surface area contributed by atoms with Gasteiger partial charge in [-0.15, -0.1) is 0 Å². The van der Waals surface area contributed by atoms with Crippen molar-refractivity contribution in [2.75, 3.05) is 13.2 Å². The molecule has 114 valence electrons. The molecule has 2 rings (SSSR count). The van der Waals surface area contributed by atoms with Crippen LogP contribution < -0.4 is 5.32 Å². The molecule has 0 fully saturated rings. The lowest BCUT2D eigenvalue weighted by Crippen LogP contribution is -2.27. The number of hydrogen-bond donors (Lipinski definition) is 2. The molecule has 0 atom stereocenters. The van der Waals surface area contributed by atoms with Gasteiger partial charge in [-0.3, -0.25) is 4.79 Å². The van der Waals surface area contributed by atoms with E-state index in [2.05, 4.69) is 15.4 Å². The van der Waals surface area contributed by atoms with Crippen molar-refractivity contribution < 1.29 is 23.1 Å². The van der Waals surface area contributed by atoms with Gasteiger partial charge in [0.05, 0.1) is 6.61 Å². The van der Waals surface area contributed by atoms with Gasteiger partial charge in [0.1, 0.15) is 10.7 Å². The molecule has 0 saturated heterocycles. The van der Waals surface area contributed by atoms with Crippen molar-refractivity contribution in [3.8, 4) is 0 Å². The molecule has 2 heterocycles. The molecule has 0 aliphatic rings. The third-order valence-electron chi connectivity index (χ3n) is 2.56. The molecule has 21 heavy (non-hydrogen) atoms. The van der Waals surface area contributed by atoms with Gasteiger partial charge >= 0.3 is 6.18 Å². The van der Waals surface area contributed by atoms with Crippen LogP contribution in [0.4, 0.5) is 13.2 Å². The van der Waals surface area contributed by atoms with Crippen molar-refractivity contribution >= 4 is 23.2 Å². The van der Waals surface area contributed by atoms with Gasteiger partial charge in [0.2, 0.25) is 0 Å². The SMILES string of the molecule is Cc1cc(C(F)(F)F)n2nc(C(=O)NCCO)c(Cl)c2n1. The number of aliphatic hydroxyl groups excluding tert-OH is 1. The van der Waals surface area contributed by atoms with E-state index < -0.39 is 17.8 Å². The number of hydrogen-bond acceptors (Lipinski definition) is 4. The van der Waals surface area contributed by atoms with Crippen LogP contribution in [0.5, 0.6) is 0 Å². The summed E-state index contributed by atoms with van der Waals surface area (Å²) in [7, 11) is 0. The minimum absolute atomic E-state index is 0.0678. The molecule has 0 aliphatic carbocycles.